The number of hydrogen-bond acceptors (Lipinski definition) is 4. The molecule has 0 aliphatic carbocycles. The Morgan fingerprint density at radius 1 is 0.833 bits per heavy atom. The van der Waals surface area contributed by atoms with Gasteiger partial charge in [-0.1, -0.05) is 103 Å². The van der Waals surface area contributed by atoms with Gasteiger partial charge >= 0.3 is 0 Å². The number of carbonyl (C=O) groups is 1. The Bertz CT molecular complexity index is 522. The Labute approximate surface area is 188 Å². The van der Waals surface area contributed by atoms with Gasteiger partial charge in [-0.3, -0.25) is 10.1 Å². The normalized spacial score (nSPS) is 11.0. The Balaban J connectivity index is 1.84. The minimum absolute atomic E-state index is 0.0384. The summed E-state index contributed by atoms with van der Waals surface area (Å²) in [6, 6.07) is 7.30. The first-order valence-electron chi connectivity index (χ1n) is 12.0. The third-order valence-corrected chi connectivity index (χ3v) is 6.39. The van der Waals surface area contributed by atoms with Crippen LogP contribution in [0.5, 0.6) is 0 Å². The summed E-state index contributed by atoms with van der Waals surface area (Å²) < 4.78 is 0. The Hall–Kier alpha value is -1.04. The second-order valence-electron chi connectivity index (χ2n) is 8.17. The van der Waals surface area contributed by atoms with E-state index in [9.17, 15) is 4.79 Å². The number of benzene rings is 1. The summed E-state index contributed by atoms with van der Waals surface area (Å²) in [7, 11) is 0. The summed E-state index contributed by atoms with van der Waals surface area (Å²) in [6.07, 6.45) is 19.3. The maximum atomic E-state index is 12.0. The molecule has 0 aromatic heterocycles. The third kappa shape index (κ3) is 15.8. The third-order valence-electron chi connectivity index (χ3n) is 5.34. The molecule has 30 heavy (non-hydrogen) atoms. The van der Waals surface area contributed by atoms with Crippen molar-refractivity contribution in [2.45, 2.75) is 103 Å². The molecule has 1 rings (SSSR count). The van der Waals surface area contributed by atoms with Gasteiger partial charge in [0.1, 0.15) is 6.61 Å². The maximum absolute atomic E-state index is 12.0. The first kappa shape index (κ1) is 27.0. The SMILES string of the molecule is CCCCCCCCCCCCCCCCSCC(=O)Nc1ccc(COO)cc1. The van der Waals surface area contributed by atoms with Crippen LogP contribution in [0.1, 0.15) is 102 Å². The molecule has 5 heteroatoms. The van der Waals surface area contributed by atoms with Gasteiger partial charge in [-0.15, -0.1) is 0 Å². The van der Waals surface area contributed by atoms with Crippen LogP contribution >= 0.6 is 11.8 Å². The molecule has 0 unspecified atom stereocenters. The van der Waals surface area contributed by atoms with Crippen LogP contribution in [0.25, 0.3) is 0 Å². The van der Waals surface area contributed by atoms with Crippen LogP contribution in [0.3, 0.4) is 0 Å². The molecule has 0 atom stereocenters. The lowest BCUT2D eigenvalue weighted by molar-refractivity contribution is -0.253. The van der Waals surface area contributed by atoms with E-state index >= 15 is 0 Å². The highest BCUT2D eigenvalue weighted by Gasteiger charge is 2.03. The number of nitrogens with one attached hydrogen (secondary N) is 1. The van der Waals surface area contributed by atoms with E-state index < -0.39 is 0 Å². The van der Waals surface area contributed by atoms with Crippen molar-refractivity contribution in [3.05, 3.63) is 29.8 Å². The van der Waals surface area contributed by atoms with Crippen molar-refractivity contribution >= 4 is 23.4 Å². The summed E-state index contributed by atoms with van der Waals surface area (Å²) in [5, 5.41) is 11.3. The van der Waals surface area contributed by atoms with Crippen LogP contribution in [-0.2, 0) is 16.3 Å². The minimum atomic E-state index is 0.0384. The van der Waals surface area contributed by atoms with Gasteiger partial charge < -0.3 is 5.32 Å². The summed E-state index contributed by atoms with van der Waals surface area (Å²) in [5.41, 5.74) is 1.64. The van der Waals surface area contributed by atoms with Crippen molar-refractivity contribution in [2.24, 2.45) is 0 Å². The van der Waals surface area contributed by atoms with Gasteiger partial charge in [-0.2, -0.15) is 11.8 Å². The van der Waals surface area contributed by atoms with E-state index in [1.54, 1.807) is 11.8 Å². The van der Waals surface area contributed by atoms with Crippen molar-refractivity contribution in [3.8, 4) is 0 Å². The van der Waals surface area contributed by atoms with Crippen molar-refractivity contribution in [2.75, 3.05) is 16.8 Å². The predicted octanol–water partition coefficient (Wildman–Crippen LogP) is 7.83. The zero-order chi connectivity index (χ0) is 21.7. The van der Waals surface area contributed by atoms with Crippen LogP contribution in [-0.4, -0.2) is 22.7 Å². The topological polar surface area (TPSA) is 58.6 Å². The van der Waals surface area contributed by atoms with Crippen LogP contribution in [0.4, 0.5) is 5.69 Å². The second-order valence-corrected chi connectivity index (χ2v) is 9.27. The lowest BCUT2D eigenvalue weighted by atomic mass is 10.0. The molecule has 0 saturated carbocycles. The summed E-state index contributed by atoms with van der Waals surface area (Å²) >= 11 is 1.71. The quantitative estimate of drug-likeness (QED) is 0.124. The zero-order valence-corrected chi connectivity index (χ0v) is 19.8. The highest BCUT2D eigenvalue weighted by Crippen LogP contribution is 2.15. The van der Waals surface area contributed by atoms with E-state index in [1.807, 2.05) is 24.3 Å². The first-order chi connectivity index (χ1) is 14.8. The standard InChI is InChI=1S/C25H43NO3S/c1-2-3-4-5-6-7-8-9-10-11-12-13-14-15-20-30-22-25(27)26-24-18-16-23(17-19-24)21-29-28/h16-19,28H,2-15,20-22H2,1H3,(H,26,27). The average Bonchev–Trinajstić information content (AvgIpc) is 2.75. The fraction of sp³-hybridized carbons (Fsp3) is 0.720. The molecule has 1 aromatic rings. The van der Waals surface area contributed by atoms with Crippen molar-refractivity contribution in [3.63, 3.8) is 0 Å². The molecule has 0 bridgehead atoms. The number of hydrogen-bond donors (Lipinski definition) is 2. The van der Waals surface area contributed by atoms with E-state index in [-0.39, 0.29) is 12.5 Å². The predicted molar refractivity (Wildman–Crippen MR) is 130 cm³/mol. The maximum Gasteiger partial charge on any atom is 0.234 e. The van der Waals surface area contributed by atoms with Gasteiger partial charge in [-0.05, 0) is 29.9 Å². The van der Waals surface area contributed by atoms with E-state index in [4.69, 9.17) is 5.26 Å². The van der Waals surface area contributed by atoms with E-state index in [2.05, 4.69) is 17.1 Å². The van der Waals surface area contributed by atoms with Gasteiger partial charge in [0.05, 0.1) is 5.75 Å². The number of thioether (sulfide) groups is 1. The molecule has 172 valence electrons. The molecule has 0 heterocycles. The van der Waals surface area contributed by atoms with E-state index in [0.717, 1.165) is 17.0 Å². The minimum Gasteiger partial charge on any atom is -0.325 e. The summed E-state index contributed by atoms with van der Waals surface area (Å²) in [4.78, 5) is 16.1. The monoisotopic (exact) mass is 437 g/mol. The number of carbonyl (C=O) groups excluding carboxylic acids is 1. The molecule has 1 aromatic carbocycles. The first-order valence-corrected chi connectivity index (χ1v) is 13.1. The van der Waals surface area contributed by atoms with Crippen LogP contribution in [0.2, 0.25) is 0 Å². The molecule has 0 saturated heterocycles. The lowest BCUT2D eigenvalue weighted by Crippen LogP contribution is -2.14. The van der Waals surface area contributed by atoms with Crippen LogP contribution in [0, 0.1) is 0 Å². The second kappa shape index (κ2) is 19.9. The average molecular weight is 438 g/mol. The molecule has 0 spiro atoms. The Morgan fingerprint density at radius 2 is 1.33 bits per heavy atom. The molecule has 0 fully saturated rings. The van der Waals surface area contributed by atoms with Gasteiger partial charge in [-0.25, -0.2) is 4.89 Å². The van der Waals surface area contributed by atoms with E-state index in [1.165, 1.54) is 89.9 Å². The van der Waals surface area contributed by atoms with Gasteiger partial charge in [0.2, 0.25) is 5.91 Å². The molecule has 4 nitrogen and oxygen atoms in total. The fourth-order valence-corrected chi connectivity index (χ4v) is 4.33. The molecule has 1 amide bonds. The summed E-state index contributed by atoms with van der Waals surface area (Å²) in [5.74, 6) is 1.59. The van der Waals surface area contributed by atoms with Crippen molar-refractivity contribution in [1.82, 2.24) is 0 Å². The van der Waals surface area contributed by atoms with Crippen molar-refractivity contribution in [1.29, 1.82) is 0 Å². The highest BCUT2D eigenvalue weighted by molar-refractivity contribution is 7.99. The van der Waals surface area contributed by atoms with Gasteiger partial charge in [0.15, 0.2) is 0 Å². The Morgan fingerprint density at radius 3 is 1.83 bits per heavy atom. The molecule has 0 radical (unpaired) electrons. The molecule has 0 aliphatic heterocycles. The largest absolute Gasteiger partial charge is 0.325 e. The van der Waals surface area contributed by atoms with Crippen LogP contribution < -0.4 is 5.32 Å². The number of amides is 1. The van der Waals surface area contributed by atoms with Gasteiger partial charge in [0.25, 0.3) is 0 Å². The molecule has 2 N–H and O–H groups in total. The molecular formula is C25H43NO3S. The fourth-order valence-electron chi connectivity index (χ4n) is 3.52. The smallest absolute Gasteiger partial charge is 0.234 e. The number of anilines is 1. The summed E-state index contributed by atoms with van der Waals surface area (Å²) in [6.45, 7) is 2.43. The van der Waals surface area contributed by atoms with Crippen LogP contribution in [0.15, 0.2) is 24.3 Å². The number of unbranched alkanes of at least 4 members (excludes halogenated alkanes) is 13. The lowest BCUT2D eigenvalue weighted by Gasteiger charge is -2.06. The molecular weight excluding hydrogens is 394 g/mol. The Kier molecular flexibility index (Phi) is 17.9. The number of rotatable bonds is 20. The van der Waals surface area contributed by atoms with Gasteiger partial charge in [0, 0.05) is 5.69 Å². The van der Waals surface area contributed by atoms with Crippen molar-refractivity contribution < 1.29 is 14.9 Å². The molecule has 0 aliphatic rings. The highest BCUT2D eigenvalue weighted by atomic mass is 32.2. The zero-order valence-electron chi connectivity index (χ0n) is 19.0. The van der Waals surface area contributed by atoms with E-state index in [0.29, 0.717) is 5.75 Å².